The molecule has 2 atom stereocenters. The van der Waals surface area contributed by atoms with Crippen molar-refractivity contribution in [2.75, 3.05) is 33.7 Å². The first-order valence-electron chi connectivity index (χ1n) is 8.18. The summed E-state index contributed by atoms with van der Waals surface area (Å²) in [6, 6.07) is 0. The van der Waals surface area contributed by atoms with E-state index >= 15 is 0 Å². The molecule has 0 heterocycles. The van der Waals surface area contributed by atoms with Gasteiger partial charge in [-0.15, -0.1) is 0 Å². The topological polar surface area (TPSA) is 15.3 Å². The van der Waals surface area contributed by atoms with Gasteiger partial charge in [0.25, 0.3) is 0 Å². The number of rotatable bonds is 5. The van der Waals surface area contributed by atoms with Crippen LogP contribution in [-0.2, 0) is 0 Å². The van der Waals surface area contributed by atoms with Gasteiger partial charge in [0.15, 0.2) is 0 Å². The normalized spacial score (nSPS) is 48.2. The molecule has 4 aliphatic rings. The third-order valence-corrected chi connectivity index (χ3v) is 5.98. The molecule has 0 radical (unpaired) electrons. The molecule has 2 nitrogen and oxygen atoms in total. The van der Waals surface area contributed by atoms with E-state index in [9.17, 15) is 0 Å². The highest BCUT2D eigenvalue weighted by atomic mass is 15.1. The Bertz CT molecular complexity index is 331. The second-order valence-electron chi connectivity index (χ2n) is 9.11. The summed E-state index contributed by atoms with van der Waals surface area (Å²) < 4.78 is 0. The zero-order chi connectivity index (χ0) is 13.7. The minimum absolute atomic E-state index is 0.634. The first-order chi connectivity index (χ1) is 8.82. The van der Waals surface area contributed by atoms with Gasteiger partial charge in [-0.05, 0) is 74.8 Å². The Hall–Kier alpha value is -0.0800. The number of nitrogens with one attached hydrogen (secondary N) is 1. The van der Waals surface area contributed by atoms with Crippen molar-refractivity contribution in [1.29, 1.82) is 0 Å². The van der Waals surface area contributed by atoms with Crippen molar-refractivity contribution in [1.82, 2.24) is 10.2 Å². The summed E-state index contributed by atoms with van der Waals surface area (Å²) in [5.41, 5.74) is 1.96. The number of nitrogens with zero attached hydrogens (tertiary/aromatic N) is 1. The van der Waals surface area contributed by atoms with Crippen LogP contribution < -0.4 is 5.32 Å². The predicted molar refractivity (Wildman–Crippen MR) is 81.3 cm³/mol. The van der Waals surface area contributed by atoms with Crippen molar-refractivity contribution in [2.45, 2.75) is 52.4 Å². The van der Waals surface area contributed by atoms with Crippen molar-refractivity contribution < 1.29 is 0 Å². The fourth-order valence-electron chi connectivity index (χ4n) is 6.54. The van der Waals surface area contributed by atoms with Crippen LogP contribution in [0.4, 0.5) is 0 Å². The highest BCUT2D eigenvalue weighted by Gasteiger charge is 2.59. The summed E-state index contributed by atoms with van der Waals surface area (Å²) in [4.78, 5) is 2.27. The van der Waals surface area contributed by atoms with Crippen LogP contribution in [-0.4, -0.2) is 38.6 Å². The quantitative estimate of drug-likeness (QED) is 0.768. The van der Waals surface area contributed by atoms with Crippen LogP contribution in [0.1, 0.15) is 52.4 Å². The maximum atomic E-state index is 3.77. The molecule has 0 aromatic heterocycles. The van der Waals surface area contributed by atoms with Crippen LogP contribution in [0.2, 0.25) is 0 Å². The molecule has 0 saturated heterocycles. The van der Waals surface area contributed by atoms with E-state index in [1.54, 1.807) is 0 Å². The lowest BCUT2D eigenvalue weighted by Gasteiger charge is -2.65. The van der Waals surface area contributed by atoms with Crippen LogP contribution in [0.5, 0.6) is 0 Å². The van der Waals surface area contributed by atoms with Crippen molar-refractivity contribution in [3.63, 3.8) is 0 Å². The van der Waals surface area contributed by atoms with Crippen LogP contribution in [0.25, 0.3) is 0 Å². The lowest BCUT2D eigenvalue weighted by Crippen LogP contribution is -2.57. The molecule has 4 saturated carbocycles. The second kappa shape index (κ2) is 4.46. The van der Waals surface area contributed by atoms with E-state index in [-0.39, 0.29) is 0 Å². The van der Waals surface area contributed by atoms with E-state index in [4.69, 9.17) is 0 Å². The minimum Gasteiger partial charge on any atom is -0.315 e. The Morgan fingerprint density at radius 3 is 2.16 bits per heavy atom. The molecule has 4 aliphatic carbocycles. The third-order valence-electron chi connectivity index (χ3n) is 5.98. The SMILES string of the molecule is CN(C)CCNCC12CC3CC(C)(CC(C)(C3)C1)C2. The summed E-state index contributed by atoms with van der Waals surface area (Å²) in [5, 5.41) is 3.77. The standard InChI is InChI=1S/C17H32N2/c1-15-7-14-8-16(2,10-15)12-17(9-14,11-15)13-18-5-6-19(3)4/h14,18H,5-13H2,1-4H3. The molecule has 0 aliphatic heterocycles. The first kappa shape index (κ1) is 13.9. The van der Waals surface area contributed by atoms with Crippen molar-refractivity contribution >= 4 is 0 Å². The van der Waals surface area contributed by atoms with Gasteiger partial charge in [-0.3, -0.25) is 0 Å². The van der Waals surface area contributed by atoms with Gasteiger partial charge >= 0.3 is 0 Å². The second-order valence-corrected chi connectivity index (χ2v) is 9.11. The maximum absolute atomic E-state index is 3.77. The lowest BCUT2D eigenvalue weighted by atomic mass is 9.40. The van der Waals surface area contributed by atoms with E-state index < -0.39 is 0 Å². The zero-order valence-electron chi connectivity index (χ0n) is 13.4. The van der Waals surface area contributed by atoms with Gasteiger partial charge in [0, 0.05) is 19.6 Å². The smallest absolute Gasteiger partial charge is 0.0101 e. The van der Waals surface area contributed by atoms with Crippen molar-refractivity contribution in [3.8, 4) is 0 Å². The summed E-state index contributed by atoms with van der Waals surface area (Å²) in [5.74, 6) is 1.03. The van der Waals surface area contributed by atoms with Crippen LogP contribution in [0, 0.1) is 22.2 Å². The van der Waals surface area contributed by atoms with Gasteiger partial charge in [-0.1, -0.05) is 13.8 Å². The van der Waals surface area contributed by atoms with Crippen molar-refractivity contribution in [2.24, 2.45) is 22.2 Å². The molecular formula is C17H32N2. The molecular weight excluding hydrogens is 232 g/mol. The highest BCUT2D eigenvalue weighted by molar-refractivity contribution is 5.10. The van der Waals surface area contributed by atoms with E-state index in [2.05, 4.69) is 38.2 Å². The fourth-order valence-corrected chi connectivity index (χ4v) is 6.54. The lowest BCUT2D eigenvalue weighted by molar-refractivity contribution is -0.143. The van der Waals surface area contributed by atoms with E-state index in [0.717, 1.165) is 19.0 Å². The van der Waals surface area contributed by atoms with E-state index in [1.807, 2.05) is 0 Å². The first-order valence-corrected chi connectivity index (χ1v) is 8.18. The summed E-state index contributed by atoms with van der Waals surface area (Å²) in [6.07, 6.45) is 9.01. The molecule has 0 amide bonds. The molecule has 4 rings (SSSR count). The average molecular weight is 264 g/mol. The molecule has 0 aromatic rings. The Kier molecular flexibility index (Phi) is 3.26. The number of hydrogen-bond donors (Lipinski definition) is 1. The van der Waals surface area contributed by atoms with Crippen molar-refractivity contribution in [3.05, 3.63) is 0 Å². The largest absolute Gasteiger partial charge is 0.315 e. The molecule has 2 heteroatoms. The summed E-state index contributed by atoms with van der Waals surface area (Å²) in [6.45, 7) is 8.72. The molecule has 110 valence electrons. The fraction of sp³-hybridized carbons (Fsp3) is 1.00. The molecule has 0 aromatic carbocycles. The zero-order valence-corrected chi connectivity index (χ0v) is 13.4. The molecule has 4 bridgehead atoms. The van der Waals surface area contributed by atoms with Gasteiger partial charge < -0.3 is 10.2 Å². The molecule has 1 N–H and O–H groups in total. The van der Waals surface area contributed by atoms with Gasteiger partial charge in [-0.2, -0.15) is 0 Å². The molecule has 19 heavy (non-hydrogen) atoms. The Balaban J connectivity index is 1.64. The van der Waals surface area contributed by atoms with E-state index in [0.29, 0.717) is 16.2 Å². The highest BCUT2D eigenvalue weighted by Crippen LogP contribution is 2.69. The average Bonchev–Trinajstić information content (AvgIpc) is 2.18. The van der Waals surface area contributed by atoms with Gasteiger partial charge in [0.05, 0.1) is 0 Å². The van der Waals surface area contributed by atoms with Gasteiger partial charge in [0.1, 0.15) is 0 Å². The maximum Gasteiger partial charge on any atom is 0.0101 e. The van der Waals surface area contributed by atoms with Crippen LogP contribution >= 0.6 is 0 Å². The molecule has 0 spiro atoms. The number of likely N-dealkylation sites (N-methyl/N-ethyl adjacent to an activating group) is 1. The Morgan fingerprint density at radius 2 is 1.63 bits per heavy atom. The summed E-state index contributed by atoms with van der Waals surface area (Å²) >= 11 is 0. The van der Waals surface area contributed by atoms with Gasteiger partial charge in [-0.25, -0.2) is 0 Å². The van der Waals surface area contributed by atoms with Crippen LogP contribution in [0.3, 0.4) is 0 Å². The van der Waals surface area contributed by atoms with Crippen LogP contribution in [0.15, 0.2) is 0 Å². The Labute approximate surface area is 119 Å². The monoisotopic (exact) mass is 264 g/mol. The number of hydrogen-bond acceptors (Lipinski definition) is 2. The van der Waals surface area contributed by atoms with E-state index in [1.165, 1.54) is 45.1 Å². The third kappa shape index (κ3) is 2.71. The summed E-state index contributed by atoms with van der Waals surface area (Å²) in [7, 11) is 4.32. The van der Waals surface area contributed by atoms with Gasteiger partial charge in [0.2, 0.25) is 0 Å². The Morgan fingerprint density at radius 1 is 1.00 bits per heavy atom. The molecule has 4 fully saturated rings. The molecule has 2 unspecified atom stereocenters. The minimum atomic E-state index is 0.634. The predicted octanol–water partition coefficient (Wildman–Crippen LogP) is 3.13.